The molecule has 3 aromatic heterocycles. The number of rotatable bonds is 7. The van der Waals surface area contributed by atoms with Gasteiger partial charge < -0.3 is 15.8 Å². The van der Waals surface area contributed by atoms with E-state index >= 15 is 0 Å². The van der Waals surface area contributed by atoms with Crippen molar-refractivity contribution in [3.05, 3.63) is 48.4 Å². The van der Waals surface area contributed by atoms with Gasteiger partial charge in [-0.2, -0.15) is 13.2 Å². The van der Waals surface area contributed by atoms with E-state index in [-0.39, 0.29) is 17.7 Å². The van der Waals surface area contributed by atoms with Gasteiger partial charge in [0.1, 0.15) is 23.4 Å². The lowest BCUT2D eigenvalue weighted by molar-refractivity contribution is -0.141. The molecule has 200 valence electrons. The van der Waals surface area contributed by atoms with Crippen LogP contribution in [-0.2, 0) is 6.18 Å². The molecule has 1 aliphatic heterocycles. The number of hydrogen-bond donors (Lipinski definition) is 2. The summed E-state index contributed by atoms with van der Waals surface area (Å²) in [5, 5.41) is 3.62. The molecular formula is C26H28F3N7OS. The first-order valence-corrected chi connectivity index (χ1v) is 13.2. The van der Waals surface area contributed by atoms with Gasteiger partial charge in [-0.15, -0.1) is 0 Å². The topological polar surface area (TPSA) is 102 Å². The predicted molar refractivity (Wildman–Crippen MR) is 142 cm³/mol. The molecule has 0 amide bonds. The lowest BCUT2D eigenvalue weighted by Crippen LogP contribution is -2.47. The van der Waals surface area contributed by atoms with Crippen molar-refractivity contribution in [1.29, 1.82) is 0 Å². The molecule has 1 aromatic carbocycles. The van der Waals surface area contributed by atoms with Crippen molar-refractivity contribution >= 4 is 32.5 Å². The number of pyridine rings is 1. The zero-order chi connectivity index (χ0) is 26.9. The summed E-state index contributed by atoms with van der Waals surface area (Å²) in [6.07, 6.45) is -0.0895. The summed E-state index contributed by atoms with van der Waals surface area (Å²) in [6.45, 7) is 5.71. The minimum absolute atomic E-state index is 0.119. The summed E-state index contributed by atoms with van der Waals surface area (Å²) in [4.78, 5) is 19.2. The average molecular weight is 544 g/mol. The number of halogens is 3. The van der Waals surface area contributed by atoms with Crippen LogP contribution in [0.3, 0.4) is 0 Å². The number of alkyl halides is 3. The lowest BCUT2D eigenvalue weighted by atomic mass is 10.00. The molecule has 1 fully saturated rings. The number of aromatic nitrogens is 4. The third-order valence-electron chi connectivity index (χ3n) is 6.56. The summed E-state index contributed by atoms with van der Waals surface area (Å²) < 4.78 is 47.5. The zero-order valence-electron chi connectivity index (χ0n) is 21.0. The molecule has 38 heavy (non-hydrogen) atoms. The van der Waals surface area contributed by atoms with Crippen molar-refractivity contribution < 1.29 is 17.9 Å². The molecule has 1 saturated heterocycles. The van der Waals surface area contributed by atoms with Crippen molar-refractivity contribution in [2.75, 3.05) is 24.1 Å². The van der Waals surface area contributed by atoms with Crippen molar-refractivity contribution in [3.63, 3.8) is 0 Å². The number of nitrogens with two attached hydrogens (primary N) is 1. The monoisotopic (exact) mass is 543 g/mol. The Kier molecular flexibility index (Phi) is 7.35. The highest BCUT2D eigenvalue weighted by Gasteiger charge is 2.33. The Bertz CT molecular complexity index is 1430. The van der Waals surface area contributed by atoms with Gasteiger partial charge in [0, 0.05) is 30.3 Å². The average Bonchev–Trinajstić information content (AvgIpc) is 3.28. The van der Waals surface area contributed by atoms with E-state index in [1.165, 1.54) is 23.7 Å². The number of nitrogen functional groups attached to an aromatic ring is 1. The maximum atomic E-state index is 13.5. The van der Waals surface area contributed by atoms with Crippen molar-refractivity contribution in [2.24, 2.45) is 0 Å². The molecule has 1 atom stereocenters. The number of hydrogen-bond acceptors (Lipinski definition) is 9. The second-order valence-electron chi connectivity index (χ2n) is 9.45. The molecule has 0 unspecified atom stereocenters. The Hall–Kier alpha value is -3.51. The van der Waals surface area contributed by atoms with Crippen molar-refractivity contribution in [2.45, 2.75) is 51.4 Å². The van der Waals surface area contributed by atoms with E-state index in [2.05, 4.69) is 44.0 Å². The molecule has 4 aromatic rings. The molecule has 0 saturated carbocycles. The minimum atomic E-state index is -4.57. The van der Waals surface area contributed by atoms with Gasteiger partial charge in [-0.1, -0.05) is 23.8 Å². The number of para-hydroxylation sites is 1. The van der Waals surface area contributed by atoms with Crippen LogP contribution in [0.25, 0.3) is 21.5 Å². The fourth-order valence-electron chi connectivity index (χ4n) is 4.77. The minimum Gasteiger partial charge on any atom is -0.437 e. The molecule has 4 heterocycles. The van der Waals surface area contributed by atoms with Gasteiger partial charge in [0.15, 0.2) is 10.9 Å². The van der Waals surface area contributed by atoms with Crippen LogP contribution in [0.5, 0.6) is 11.6 Å². The maximum absolute atomic E-state index is 13.5. The van der Waals surface area contributed by atoms with Crippen LogP contribution >= 0.6 is 11.3 Å². The molecule has 1 aliphatic rings. The highest BCUT2D eigenvalue weighted by Crippen LogP contribution is 2.36. The van der Waals surface area contributed by atoms with Crippen molar-refractivity contribution in [3.8, 4) is 22.9 Å². The Morgan fingerprint density at radius 1 is 1.16 bits per heavy atom. The third kappa shape index (κ3) is 5.65. The Morgan fingerprint density at radius 3 is 2.79 bits per heavy atom. The van der Waals surface area contributed by atoms with E-state index in [9.17, 15) is 13.2 Å². The smallest absolute Gasteiger partial charge is 0.433 e. The largest absolute Gasteiger partial charge is 0.437 e. The second kappa shape index (κ2) is 10.7. The van der Waals surface area contributed by atoms with Crippen LogP contribution in [0.4, 0.5) is 24.1 Å². The maximum Gasteiger partial charge on any atom is 0.433 e. The van der Waals surface area contributed by atoms with Crippen LogP contribution in [0.15, 0.2) is 42.7 Å². The fraction of sp³-hybridized carbons (Fsp3) is 0.385. The summed E-state index contributed by atoms with van der Waals surface area (Å²) in [5.41, 5.74) is 6.30. The van der Waals surface area contributed by atoms with Gasteiger partial charge in [0.25, 0.3) is 0 Å². The normalized spacial score (nSPS) is 16.7. The molecule has 0 spiro atoms. The van der Waals surface area contributed by atoms with Gasteiger partial charge in [-0.25, -0.2) is 19.9 Å². The van der Waals surface area contributed by atoms with Gasteiger partial charge in [0.05, 0.1) is 10.4 Å². The molecule has 8 nitrogen and oxygen atoms in total. The predicted octanol–water partition coefficient (Wildman–Crippen LogP) is 6.22. The van der Waals surface area contributed by atoms with E-state index in [1.54, 1.807) is 12.1 Å². The number of fused-ring (bicyclic) bond motifs is 1. The fourth-order valence-corrected chi connectivity index (χ4v) is 5.52. The molecule has 5 rings (SSSR count). The van der Waals surface area contributed by atoms with Crippen LogP contribution < -0.4 is 15.8 Å². The van der Waals surface area contributed by atoms with E-state index < -0.39 is 11.9 Å². The number of nitrogens with one attached hydrogen (secondary N) is 1. The first kappa shape index (κ1) is 26.1. The molecular weight excluding hydrogens is 515 g/mol. The Labute approximate surface area is 222 Å². The number of thiazole rings is 1. The summed E-state index contributed by atoms with van der Waals surface area (Å²) in [5.74, 6) is 0.807. The number of likely N-dealkylation sites (tertiary alicyclic amines) is 1. The van der Waals surface area contributed by atoms with E-state index in [0.29, 0.717) is 40.2 Å². The van der Waals surface area contributed by atoms with Crippen LogP contribution in [0, 0.1) is 0 Å². The van der Waals surface area contributed by atoms with Gasteiger partial charge in [0.2, 0.25) is 5.88 Å². The first-order chi connectivity index (χ1) is 18.2. The van der Waals surface area contributed by atoms with Crippen LogP contribution in [0.2, 0.25) is 0 Å². The Morgan fingerprint density at radius 2 is 2.00 bits per heavy atom. The highest BCUT2D eigenvalue weighted by atomic mass is 32.1. The van der Waals surface area contributed by atoms with Gasteiger partial charge in [-0.3, -0.25) is 4.90 Å². The first-order valence-electron chi connectivity index (χ1n) is 12.4. The summed E-state index contributed by atoms with van der Waals surface area (Å²) >= 11 is 1.34. The SMILES string of the molecule is CC(C)N1CCCC[C@H]1CNc1nc(C(F)(F)F)ccc1-c1cc(Oc2cccc3sc(N)nc23)ncn1. The number of piperidine rings is 1. The molecule has 0 radical (unpaired) electrons. The number of ether oxygens (including phenoxy) is 1. The third-order valence-corrected chi connectivity index (χ3v) is 7.41. The molecule has 3 N–H and O–H groups in total. The van der Waals surface area contributed by atoms with E-state index in [0.717, 1.165) is 36.6 Å². The summed E-state index contributed by atoms with van der Waals surface area (Å²) in [7, 11) is 0. The number of nitrogens with zero attached hydrogens (tertiary/aromatic N) is 5. The summed E-state index contributed by atoms with van der Waals surface area (Å²) in [6, 6.07) is 9.92. The molecule has 0 aliphatic carbocycles. The number of benzene rings is 1. The standard InChI is InChI=1S/C26H28F3N7OS/c1-15(2)36-11-4-3-6-16(36)13-31-24-17(9-10-21(34-24)26(27,28)29)18-12-22(33-14-32-18)37-19-7-5-8-20-23(19)35-25(30)38-20/h5,7-10,12,14-16H,3-4,6,11,13H2,1-2H3,(H2,30,35)(H,31,34)/t16-/m0/s1. The van der Waals surface area contributed by atoms with Crippen molar-refractivity contribution in [1.82, 2.24) is 24.8 Å². The van der Waals surface area contributed by atoms with Gasteiger partial charge in [-0.05, 0) is 57.5 Å². The van der Waals surface area contributed by atoms with E-state index in [4.69, 9.17) is 10.5 Å². The Balaban J connectivity index is 1.45. The quantitative estimate of drug-likeness (QED) is 0.283. The number of anilines is 2. The molecule has 0 bridgehead atoms. The van der Waals surface area contributed by atoms with Gasteiger partial charge >= 0.3 is 6.18 Å². The van der Waals surface area contributed by atoms with Crippen LogP contribution in [0.1, 0.15) is 38.8 Å². The van der Waals surface area contributed by atoms with Crippen LogP contribution in [-0.4, -0.2) is 50.0 Å². The lowest BCUT2D eigenvalue weighted by Gasteiger charge is -2.38. The highest BCUT2D eigenvalue weighted by molar-refractivity contribution is 7.22. The second-order valence-corrected chi connectivity index (χ2v) is 10.5. The zero-order valence-corrected chi connectivity index (χ0v) is 21.8. The molecule has 12 heteroatoms. The van der Waals surface area contributed by atoms with E-state index in [1.807, 2.05) is 12.1 Å².